The summed E-state index contributed by atoms with van der Waals surface area (Å²) >= 11 is 0. The van der Waals surface area contributed by atoms with Gasteiger partial charge in [-0.05, 0) is 51.4 Å². The van der Waals surface area contributed by atoms with Crippen LogP contribution < -0.4 is 5.32 Å². The van der Waals surface area contributed by atoms with Gasteiger partial charge in [0.25, 0.3) is 0 Å². The van der Waals surface area contributed by atoms with E-state index < -0.39 is 12.1 Å². The van der Waals surface area contributed by atoms with Crippen LogP contribution >= 0.6 is 0 Å². The molecule has 0 saturated carbocycles. The van der Waals surface area contributed by atoms with Crippen molar-refractivity contribution in [3.63, 3.8) is 0 Å². The SMILES string of the molecule is CCC/C=C\C/C=C\CCCCCCCC(=O)OCCCCCCCCCCCCCCCCCCCCCCCCC(=O)NC(CO)C(O)CCCCCCCCCCCCCCCCCCCCCC. The first-order chi connectivity index (χ1) is 35.5. The van der Waals surface area contributed by atoms with Gasteiger partial charge in [-0.1, -0.05) is 321 Å². The fourth-order valence-corrected chi connectivity index (χ4v) is 10.3. The van der Waals surface area contributed by atoms with E-state index in [1.165, 1.54) is 276 Å². The molecule has 0 saturated heterocycles. The van der Waals surface area contributed by atoms with E-state index in [1.807, 2.05) is 0 Å². The zero-order valence-electron chi connectivity index (χ0n) is 48.7. The number of aliphatic hydroxyl groups excluding tert-OH is 2. The number of esters is 1. The summed E-state index contributed by atoms with van der Waals surface area (Å²) in [6.07, 6.45) is 76.3. The Morgan fingerprint density at radius 3 is 1.11 bits per heavy atom. The molecule has 0 heterocycles. The Kier molecular flexibility index (Phi) is 60.5. The van der Waals surface area contributed by atoms with Crippen LogP contribution in [0.2, 0.25) is 0 Å². The van der Waals surface area contributed by atoms with Crippen LogP contribution in [-0.2, 0) is 14.3 Å². The van der Waals surface area contributed by atoms with E-state index in [0.717, 1.165) is 51.4 Å². The lowest BCUT2D eigenvalue weighted by atomic mass is 10.0. The second kappa shape index (κ2) is 61.9. The molecular weight excluding hydrogens is 887 g/mol. The first-order valence-electron chi connectivity index (χ1n) is 32.6. The third kappa shape index (κ3) is 57.6. The lowest BCUT2D eigenvalue weighted by Crippen LogP contribution is -2.45. The molecule has 0 spiro atoms. The van der Waals surface area contributed by atoms with Crippen LogP contribution in [0.4, 0.5) is 0 Å². The summed E-state index contributed by atoms with van der Waals surface area (Å²) in [5.41, 5.74) is 0. The van der Waals surface area contributed by atoms with Crippen molar-refractivity contribution in [3.8, 4) is 0 Å². The summed E-state index contributed by atoms with van der Waals surface area (Å²) in [6, 6.07) is -0.542. The molecule has 2 unspecified atom stereocenters. The quantitative estimate of drug-likeness (QED) is 0.0320. The van der Waals surface area contributed by atoms with Crippen molar-refractivity contribution in [1.82, 2.24) is 5.32 Å². The van der Waals surface area contributed by atoms with Gasteiger partial charge < -0.3 is 20.3 Å². The minimum absolute atomic E-state index is 0.00146. The maximum atomic E-state index is 12.5. The average Bonchev–Trinajstić information content (AvgIpc) is 3.38. The number of allylic oxidation sites excluding steroid dienone is 4. The normalized spacial score (nSPS) is 12.7. The molecule has 1 amide bonds. The molecule has 0 radical (unpaired) electrons. The van der Waals surface area contributed by atoms with E-state index in [2.05, 4.69) is 43.5 Å². The lowest BCUT2D eigenvalue weighted by Gasteiger charge is -2.22. The highest BCUT2D eigenvalue weighted by Gasteiger charge is 2.20. The zero-order chi connectivity index (χ0) is 52.2. The van der Waals surface area contributed by atoms with E-state index in [9.17, 15) is 19.8 Å². The van der Waals surface area contributed by atoms with Crippen molar-refractivity contribution in [3.05, 3.63) is 24.3 Å². The van der Waals surface area contributed by atoms with Gasteiger partial charge in [0.2, 0.25) is 5.91 Å². The predicted molar refractivity (Wildman–Crippen MR) is 315 cm³/mol. The highest BCUT2D eigenvalue weighted by molar-refractivity contribution is 5.76. The molecule has 0 aliphatic rings. The topological polar surface area (TPSA) is 95.9 Å². The molecule has 3 N–H and O–H groups in total. The monoisotopic (exact) mass is 1010 g/mol. The summed E-state index contributed by atoms with van der Waals surface area (Å²) in [6.45, 7) is 4.91. The molecule has 426 valence electrons. The highest BCUT2D eigenvalue weighted by Crippen LogP contribution is 2.19. The van der Waals surface area contributed by atoms with Crippen LogP contribution in [0.25, 0.3) is 0 Å². The van der Waals surface area contributed by atoms with E-state index in [1.54, 1.807) is 0 Å². The summed E-state index contributed by atoms with van der Waals surface area (Å²) in [4.78, 5) is 24.6. The molecule has 2 atom stereocenters. The minimum atomic E-state index is -0.665. The van der Waals surface area contributed by atoms with Crippen molar-refractivity contribution in [2.24, 2.45) is 0 Å². The van der Waals surface area contributed by atoms with Crippen molar-refractivity contribution < 1.29 is 24.5 Å². The summed E-state index contributed by atoms with van der Waals surface area (Å²) < 4.78 is 5.47. The zero-order valence-corrected chi connectivity index (χ0v) is 48.7. The van der Waals surface area contributed by atoms with Crippen molar-refractivity contribution in [1.29, 1.82) is 0 Å². The van der Waals surface area contributed by atoms with Crippen LogP contribution in [0.5, 0.6) is 0 Å². The van der Waals surface area contributed by atoms with Gasteiger partial charge in [0, 0.05) is 12.8 Å². The van der Waals surface area contributed by atoms with Gasteiger partial charge in [-0.25, -0.2) is 0 Å². The lowest BCUT2D eigenvalue weighted by molar-refractivity contribution is -0.143. The summed E-state index contributed by atoms with van der Waals surface area (Å²) in [7, 11) is 0. The molecular formula is C66H127NO5. The standard InChI is InChI=1S/C66H127NO5/c1-3-5-7-9-11-13-15-17-18-19-20-25-28-31-35-38-42-46-50-54-58-64(69)63(62-68)67-65(70)59-55-51-47-43-39-36-32-29-26-23-21-22-24-27-30-33-37-41-45-49-53-57-61-72-66(71)60-56-52-48-44-40-34-16-14-12-10-8-6-4-2/h8,10,14,16,63-64,68-69H,3-7,9,11-13,15,17-62H2,1-2H3,(H,67,70)/b10-8-,16-14-. The van der Waals surface area contributed by atoms with Gasteiger partial charge in [-0.2, -0.15) is 0 Å². The molecule has 0 aliphatic heterocycles. The fourth-order valence-electron chi connectivity index (χ4n) is 10.3. The number of hydrogen-bond donors (Lipinski definition) is 3. The Morgan fingerprint density at radius 1 is 0.389 bits per heavy atom. The molecule has 0 fully saturated rings. The van der Waals surface area contributed by atoms with Gasteiger partial charge in [0.05, 0.1) is 25.4 Å². The number of carbonyl (C=O) groups is 2. The fraction of sp³-hybridized carbons (Fsp3) is 0.909. The van der Waals surface area contributed by atoms with Gasteiger partial charge in [0.1, 0.15) is 0 Å². The molecule has 0 aliphatic carbocycles. The number of unbranched alkanes of at least 4 members (excludes halogenated alkanes) is 46. The number of amides is 1. The second-order valence-corrected chi connectivity index (χ2v) is 22.5. The maximum absolute atomic E-state index is 12.5. The largest absolute Gasteiger partial charge is 0.466 e. The Hall–Kier alpha value is -1.66. The molecule has 72 heavy (non-hydrogen) atoms. The molecule has 0 aromatic carbocycles. The van der Waals surface area contributed by atoms with Crippen LogP contribution in [0.15, 0.2) is 24.3 Å². The van der Waals surface area contributed by atoms with Crippen molar-refractivity contribution in [2.45, 2.75) is 373 Å². The van der Waals surface area contributed by atoms with Gasteiger partial charge in [-0.3, -0.25) is 9.59 Å². The maximum Gasteiger partial charge on any atom is 0.305 e. The predicted octanol–water partition coefficient (Wildman–Crippen LogP) is 20.6. The number of carbonyl (C=O) groups excluding carboxylic acids is 2. The van der Waals surface area contributed by atoms with Crippen molar-refractivity contribution >= 4 is 11.9 Å². The van der Waals surface area contributed by atoms with Crippen LogP contribution in [0, 0.1) is 0 Å². The highest BCUT2D eigenvalue weighted by atomic mass is 16.5. The second-order valence-electron chi connectivity index (χ2n) is 22.5. The first kappa shape index (κ1) is 70.3. The third-order valence-corrected chi connectivity index (χ3v) is 15.2. The Labute approximate surface area is 450 Å². The number of rotatable bonds is 61. The number of nitrogens with one attached hydrogen (secondary N) is 1. The minimum Gasteiger partial charge on any atom is -0.466 e. The third-order valence-electron chi connectivity index (χ3n) is 15.2. The van der Waals surface area contributed by atoms with E-state index in [0.29, 0.717) is 25.9 Å². The molecule has 6 heteroatoms. The first-order valence-corrected chi connectivity index (χ1v) is 32.6. The molecule has 0 aromatic rings. The molecule has 6 nitrogen and oxygen atoms in total. The smallest absolute Gasteiger partial charge is 0.305 e. The van der Waals surface area contributed by atoms with Gasteiger partial charge in [-0.15, -0.1) is 0 Å². The number of hydrogen-bond acceptors (Lipinski definition) is 5. The average molecular weight is 1010 g/mol. The molecule has 0 bridgehead atoms. The van der Waals surface area contributed by atoms with Crippen LogP contribution in [0.1, 0.15) is 361 Å². The van der Waals surface area contributed by atoms with E-state index in [4.69, 9.17) is 4.74 Å². The van der Waals surface area contributed by atoms with E-state index >= 15 is 0 Å². The number of aliphatic hydroxyl groups is 2. The van der Waals surface area contributed by atoms with E-state index in [-0.39, 0.29) is 18.5 Å². The van der Waals surface area contributed by atoms with Crippen LogP contribution in [0.3, 0.4) is 0 Å². The molecule has 0 rings (SSSR count). The molecule has 0 aromatic heterocycles. The Balaban J connectivity index is 3.39. The Morgan fingerprint density at radius 2 is 0.722 bits per heavy atom. The van der Waals surface area contributed by atoms with Gasteiger partial charge >= 0.3 is 5.97 Å². The van der Waals surface area contributed by atoms with Crippen LogP contribution in [-0.4, -0.2) is 47.4 Å². The van der Waals surface area contributed by atoms with Crippen molar-refractivity contribution in [2.75, 3.05) is 13.2 Å². The summed E-state index contributed by atoms with van der Waals surface area (Å²) in [5.74, 6) is -0.0332. The number of ether oxygens (including phenoxy) is 1. The van der Waals surface area contributed by atoms with Gasteiger partial charge in [0.15, 0.2) is 0 Å². The summed E-state index contributed by atoms with van der Waals surface area (Å²) in [5, 5.41) is 23.4. The Bertz CT molecular complexity index is 1120.